The molecule has 2 aromatic carbocycles. The molecule has 1 aliphatic heterocycles. The van der Waals surface area contributed by atoms with Crippen molar-refractivity contribution in [2.75, 3.05) is 25.1 Å². The van der Waals surface area contributed by atoms with E-state index in [4.69, 9.17) is 4.74 Å². The van der Waals surface area contributed by atoms with E-state index in [0.717, 1.165) is 19.8 Å². The van der Waals surface area contributed by atoms with Gasteiger partial charge in [0, 0.05) is 23.2 Å². The van der Waals surface area contributed by atoms with Crippen LogP contribution in [-0.2, 0) is 4.74 Å². The van der Waals surface area contributed by atoms with Crippen molar-refractivity contribution in [1.82, 2.24) is 0 Å². The average Bonchev–Trinajstić information content (AvgIpc) is 2.44. The minimum absolute atomic E-state index is 0.282. The molecule has 1 saturated heterocycles. The fraction of sp³-hybridized carbons (Fsp3) is 0.294. The highest BCUT2D eigenvalue weighted by Gasteiger charge is 2.33. The van der Waals surface area contributed by atoms with Crippen LogP contribution in [0, 0.1) is 5.41 Å². The lowest BCUT2D eigenvalue weighted by atomic mass is 9.88. The van der Waals surface area contributed by atoms with Gasteiger partial charge in [-0.2, -0.15) is 0 Å². The average molecular weight is 253 g/mol. The van der Waals surface area contributed by atoms with Crippen molar-refractivity contribution in [3.05, 3.63) is 54.6 Å². The maximum Gasteiger partial charge on any atom is 0.0559 e. The van der Waals surface area contributed by atoms with E-state index in [1.807, 2.05) is 6.07 Å². The first-order valence-corrected chi connectivity index (χ1v) is 6.73. The summed E-state index contributed by atoms with van der Waals surface area (Å²) < 4.78 is 5.30. The number of rotatable bonds is 4. The Morgan fingerprint density at radius 3 is 2.37 bits per heavy atom. The second-order valence-electron chi connectivity index (χ2n) is 5.57. The standard InChI is InChI=1S/C17H19NO/c1-17(12-19-13-17)11-18-16-10-6-5-9-15(16)14-7-3-2-4-8-14/h2-10,18H,11-13H2,1H3. The zero-order valence-electron chi connectivity index (χ0n) is 11.2. The molecule has 19 heavy (non-hydrogen) atoms. The SMILES string of the molecule is CC1(CNc2ccccc2-c2ccccc2)COC1. The molecule has 1 fully saturated rings. The molecule has 0 bridgehead atoms. The van der Waals surface area contributed by atoms with Crippen molar-refractivity contribution in [3.8, 4) is 11.1 Å². The van der Waals surface area contributed by atoms with E-state index in [0.29, 0.717) is 0 Å². The highest BCUT2D eigenvalue weighted by Crippen LogP contribution is 2.31. The Morgan fingerprint density at radius 1 is 1.00 bits per heavy atom. The van der Waals surface area contributed by atoms with Crippen molar-refractivity contribution in [2.45, 2.75) is 6.92 Å². The molecule has 0 saturated carbocycles. The molecule has 1 N–H and O–H groups in total. The number of para-hydroxylation sites is 1. The van der Waals surface area contributed by atoms with E-state index in [9.17, 15) is 0 Å². The highest BCUT2D eigenvalue weighted by molar-refractivity contribution is 5.77. The molecular weight excluding hydrogens is 234 g/mol. The summed E-state index contributed by atoms with van der Waals surface area (Å²) in [6.07, 6.45) is 0. The van der Waals surface area contributed by atoms with Crippen molar-refractivity contribution in [2.24, 2.45) is 5.41 Å². The van der Waals surface area contributed by atoms with Gasteiger partial charge in [-0.3, -0.25) is 0 Å². The van der Waals surface area contributed by atoms with Crippen LogP contribution in [0.1, 0.15) is 6.92 Å². The van der Waals surface area contributed by atoms with Crippen molar-refractivity contribution in [1.29, 1.82) is 0 Å². The lowest BCUT2D eigenvalue weighted by Gasteiger charge is -2.38. The summed E-state index contributed by atoms with van der Waals surface area (Å²) in [5.41, 5.74) is 3.98. The largest absolute Gasteiger partial charge is 0.384 e. The number of ether oxygens (including phenoxy) is 1. The van der Waals surface area contributed by atoms with Crippen molar-refractivity contribution < 1.29 is 4.74 Å². The van der Waals surface area contributed by atoms with Crippen LogP contribution < -0.4 is 5.32 Å². The van der Waals surface area contributed by atoms with Gasteiger partial charge in [-0.15, -0.1) is 0 Å². The highest BCUT2D eigenvalue weighted by atomic mass is 16.5. The van der Waals surface area contributed by atoms with Gasteiger partial charge in [-0.25, -0.2) is 0 Å². The summed E-state index contributed by atoms with van der Waals surface area (Å²) in [6.45, 7) is 4.92. The smallest absolute Gasteiger partial charge is 0.0559 e. The van der Waals surface area contributed by atoms with Crippen LogP contribution in [0.5, 0.6) is 0 Å². The maximum atomic E-state index is 5.30. The second kappa shape index (κ2) is 5.06. The topological polar surface area (TPSA) is 21.3 Å². The number of hydrogen-bond acceptors (Lipinski definition) is 2. The zero-order valence-corrected chi connectivity index (χ0v) is 11.2. The Labute approximate surface area is 114 Å². The first kappa shape index (κ1) is 12.2. The molecule has 3 rings (SSSR count). The summed E-state index contributed by atoms with van der Waals surface area (Å²) in [7, 11) is 0. The van der Waals surface area contributed by atoms with Gasteiger partial charge in [0.25, 0.3) is 0 Å². The third-order valence-corrected chi connectivity index (χ3v) is 3.62. The molecule has 0 aromatic heterocycles. The predicted molar refractivity (Wildman–Crippen MR) is 79.3 cm³/mol. The lowest BCUT2D eigenvalue weighted by molar-refractivity contribution is -0.0924. The number of benzene rings is 2. The summed E-state index contributed by atoms with van der Waals surface area (Å²) in [5, 5.41) is 3.57. The van der Waals surface area contributed by atoms with Crippen LogP contribution in [0.4, 0.5) is 5.69 Å². The van der Waals surface area contributed by atoms with E-state index in [1.165, 1.54) is 16.8 Å². The van der Waals surface area contributed by atoms with Crippen LogP contribution in [0.15, 0.2) is 54.6 Å². The molecule has 1 aliphatic rings. The Balaban J connectivity index is 1.81. The summed E-state index contributed by atoms with van der Waals surface area (Å²) >= 11 is 0. The van der Waals surface area contributed by atoms with E-state index in [1.54, 1.807) is 0 Å². The Morgan fingerprint density at radius 2 is 1.68 bits per heavy atom. The fourth-order valence-corrected chi connectivity index (χ4v) is 2.37. The molecule has 0 aliphatic carbocycles. The van der Waals surface area contributed by atoms with Crippen molar-refractivity contribution in [3.63, 3.8) is 0 Å². The molecule has 2 aromatic rings. The fourth-order valence-electron chi connectivity index (χ4n) is 2.37. The molecule has 1 heterocycles. The van der Waals surface area contributed by atoms with Gasteiger partial charge in [0.1, 0.15) is 0 Å². The minimum atomic E-state index is 0.282. The number of nitrogens with one attached hydrogen (secondary N) is 1. The van der Waals surface area contributed by atoms with Crippen LogP contribution in [0.2, 0.25) is 0 Å². The molecule has 98 valence electrons. The van der Waals surface area contributed by atoms with Gasteiger partial charge in [0.15, 0.2) is 0 Å². The molecular formula is C17H19NO. The quantitative estimate of drug-likeness (QED) is 0.894. The Bertz CT molecular complexity index is 546. The first-order chi connectivity index (χ1) is 9.27. The third-order valence-electron chi connectivity index (χ3n) is 3.62. The van der Waals surface area contributed by atoms with Crippen LogP contribution in [0.3, 0.4) is 0 Å². The van der Waals surface area contributed by atoms with Gasteiger partial charge < -0.3 is 10.1 Å². The predicted octanol–water partition coefficient (Wildman–Crippen LogP) is 3.80. The van der Waals surface area contributed by atoms with Crippen LogP contribution in [0.25, 0.3) is 11.1 Å². The van der Waals surface area contributed by atoms with Crippen molar-refractivity contribution >= 4 is 5.69 Å². The summed E-state index contributed by atoms with van der Waals surface area (Å²) in [5.74, 6) is 0. The van der Waals surface area contributed by atoms with Gasteiger partial charge in [-0.1, -0.05) is 55.5 Å². The van der Waals surface area contributed by atoms with Crippen LogP contribution in [-0.4, -0.2) is 19.8 Å². The van der Waals surface area contributed by atoms with Gasteiger partial charge in [-0.05, 0) is 11.6 Å². The molecule has 2 heteroatoms. The van der Waals surface area contributed by atoms with E-state index >= 15 is 0 Å². The first-order valence-electron chi connectivity index (χ1n) is 6.73. The number of hydrogen-bond donors (Lipinski definition) is 1. The van der Waals surface area contributed by atoms with Gasteiger partial charge in [0.2, 0.25) is 0 Å². The van der Waals surface area contributed by atoms with E-state index < -0.39 is 0 Å². The molecule has 0 unspecified atom stereocenters. The van der Waals surface area contributed by atoms with Crippen LogP contribution >= 0.6 is 0 Å². The zero-order chi connectivity index (χ0) is 13.1. The molecule has 0 spiro atoms. The molecule has 0 amide bonds. The molecule has 0 atom stereocenters. The number of anilines is 1. The van der Waals surface area contributed by atoms with E-state index in [-0.39, 0.29) is 5.41 Å². The second-order valence-corrected chi connectivity index (χ2v) is 5.57. The minimum Gasteiger partial charge on any atom is -0.384 e. The third kappa shape index (κ3) is 2.64. The lowest BCUT2D eigenvalue weighted by Crippen LogP contribution is -2.45. The Hall–Kier alpha value is -1.80. The molecule has 2 nitrogen and oxygen atoms in total. The van der Waals surface area contributed by atoms with Gasteiger partial charge >= 0.3 is 0 Å². The monoisotopic (exact) mass is 253 g/mol. The van der Waals surface area contributed by atoms with Gasteiger partial charge in [0.05, 0.1) is 13.2 Å². The van der Waals surface area contributed by atoms with E-state index in [2.05, 4.69) is 60.8 Å². The summed E-state index contributed by atoms with van der Waals surface area (Å²) in [6, 6.07) is 19.0. The Kier molecular flexibility index (Phi) is 3.26. The summed E-state index contributed by atoms with van der Waals surface area (Å²) in [4.78, 5) is 0. The maximum absolute atomic E-state index is 5.30. The normalized spacial score (nSPS) is 16.7. The molecule has 0 radical (unpaired) electrons.